The van der Waals surface area contributed by atoms with Gasteiger partial charge >= 0.3 is 0 Å². The molecule has 0 saturated heterocycles. The van der Waals surface area contributed by atoms with Gasteiger partial charge in [-0.2, -0.15) is 0 Å². The highest BCUT2D eigenvalue weighted by molar-refractivity contribution is 6.84. The molecule has 0 fully saturated rings. The van der Waals surface area contributed by atoms with Gasteiger partial charge < -0.3 is 0 Å². The normalized spacial score (nSPS) is 12.2. The molecule has 0 N–H and O–H groups in total. The van der Waals surface area contributed by atoms with Crippen molar-refractivity contribution >= 4 is 14.4 Å². The lowest BCUT2D eigenvalue weighted by molar-refractivity contribution is -0.104. The summed E-state index contributed by atoms with van der Waals surface area (Å²) in [5, 5.41) is 0. The standard InChI is InChI=1S/C15H30OSi/c1-4-7-12-17(13-8-5-2,14-9-6-3)15-10-11-16/h10-11,15H,4-9,12-14H2,1-3H3/b15-10+. The molecule has 0 aromatic heterocycles. The molecule has 2 heteroatoms. The first-order chi connectivity index (χ1) is 8.24. The molecule has 0 aromatic carbocycles. The first-order valence-electron chi connectivity index (χ1n) is 7.37. The van der Waals surface area contributed by atoms with Gasteiger partial charge in [-0.05, 0) is 6.08 Å². The molecule has 0 spiro atoms. The first-order valence-corrected chi connectivity index (χ1v) is 10.1. The quantitative estimate of drug-likeness (QED) is 0.284. The van der Waals surface area contributed by atoms with E-state index in [1.54, 1.807) is 6.08 Å². The van der Waals surface area contributed by atoms with Crippen LogP contribution >= 0.6 is 0 Å². The van der Waals surface area contributed by atoms with Crippen LogP contribution in [0.2, 0.25) is 18.1 Å². The lowest BCUT2D eigenvalue weighted by atomic mass is 10.4. The number of rotatable bonds is 11. The molecule has 0 saturated carbocycles. The van der Waals surface area contributed by atoms with Crippen LogP contribution in [-0.4, -0.2) is 14.4 Å². The van der Waals surface area contributed by atoms with Crippen LogP contribution in [0, 0.1) is 0 Å². The fraction of sp³-hybridized carbons (Fsp3) is 0.800. The van der Waals surface area contributed by atoms with Gasteiger partial charge in [0, 0.05) is 0 Å². The number of hydrogen-bond acceptors (Lipinski definition) is 1. The van der Waals surface area contributed by atoms with Crippen LogP contribution in [0.25, 0.3) is 0 Å². The molecule has 0 aliphatic heterocycles. The van der Waals surface area contributed by atoms with Gasteiger partial charge in [-0.1, -0.05) is 83.1 Å². The summed E-state index contributed by atoms with van der Waals surface area (Å²) in [6, 6.07) is 4.15. The molecule has 100 valence electrons. The smallest absolute Gasteiger partial charge is 0.142 e. The van der Waals surface area contributed by atoms with E-state index in [-0.39, 0.29) is 0 Å². The van der Waals surface area contributed by atoms with E-state index in [0.29, 0.717) is 0 Å². The van der Waals surface area contributed by atoms with E-state index in [9.17, 15) is 4.79 Å². The lowest BCUT2D eigenvalue weighted by Crippen LogP contribution is -2.31. The van der Waals surface area contributed by atoms with Gasteiger partial charge in [0.05, 0.1) is 8.07 Å². The van der Waals surface area contributed by atoms with Gasteiger partial charge in [0.25, 0.3) is 0 Å². The van der Waals surface area contributed by atoms with Crippen LogP contribution in [-0.2, 0) is 4.79 Å². The molecule has 0 amide bonds. The molecule has 0 unspecified atom stereocenters. The zero-order chi connectivity index (χ0) is 13.0. The molecule has 0 radical (unpaired) electrons. The Balaban J connectivity index is 4.62. The summed E-state index contributed by atoms with van der Waals surface area (Å²) < 4.78 is 0. The Bertz CT molecular complexity index is 189. The van der Waals surface area contributed by atoms with Gasteiger partial charge in [0.1, 0.15) is 6.29 Å². The van der Waals surface area contributed by atoms with Crippen LogP contribution in [0.4, 0.5) is 0 Å². The summed E-state index contributed by atoms with van der Waals surface area (Å²) in [7, 11) is -1.29. The third-order valence-corrected chi connectivity index (χ3v) is 8.56. The van der Waals surface area contributed by atoms with Crippen LogP contribution in [0.5, 0.6) is 0 Å². The fourth-order valence-corrected chi connectivity index (χ4v) is 7.36. The predicted octanol–water partition coefficient (Wildman–Crippen LogP) is 5.13. The minimum Gasteiger partial charge on any atom is -0.299 e. The maximum Gasteiger partial charge on any atom is 0.142 e. The van der Waals surface area contributed by atoms with Crippen molar-refractivity contribution in [2.75, 3.05) is 0 Å². The third kappa shape index (κ3) is 7.53. The molecule has 0 rings (SSSR count). The lowest BCUT2D eigenvalue weighted by Gasteiger charge is -2.28. The van der Waals surface area contributed by atoms with Crippen molar-refractivity contribution in [3.8, 4) is 0 Å². The summed E-state index contributed by atoms with van der Waals surface area (Å²) in [5.74, 6) is 0. The second-order valence-corrected chi connectivity index (χ2v) is 9.73. The van der Waals surface area contributed by atoms with Crippen molar-refractivity contribution in [2.24, 2.45) is 0 Å². The van der Waals surface area contributed by atoms with Gasteiger partial charge in [0.15, 0.2) is 0 Å². The Morgan fingerprint density at radius 3 is 1.53 bits per heavy atom. The first kappa shape index (κ1) is 16.6. The number of hydrogen-bond donors (Lipinski definition) is 0. The Labute approximate surface area is 109 Å². The summed E-state index contributed by atoms with van der Waals surface area (Å²) in [6.07, 6.45) is 10.6. The minimum atomic E-state index is -1.29. The van der Waals surface area contributed by atoms with Crippen molar-refractivity contribution in [3.05, 3.63) is 11.8 Å². The number of carbonyl (C=O) groups excluding carboxylic acids is 1. The largest absolute Gasteiger partial charge is 0.299 e. The number of aldehydes is 1. The molecule has 0 aromatic rings. The van der Waals surface area contributed by atoms with Crippen molar-refractivity contribution in [1.82, 2.24) is 0 Å². The fourth-order valence-electron chi connectivity index (χ4n) is 2.45. The number of unbranched alkanes of at least 4 members (excludes halogenated alkanes) is 3. The molecular weight excluding hydrogens is 224 g/mol. The second kappa shape index (κ2) is 10.8. The Morgan fingerprint density at radius 1 is 0.824 bits per heavy atom. The second-order valence-electron chi connectivity index (χ2n) is 5.17. The van der Waals surface area contributed by atoms with Gasteiger partial charge in [-0.15, -0.1) is 0 Å². The maximum atomic E-state index is 10.6. The zero-order valence-corrected chi connectivity index (χ0v) is 13.0. The maximum absolute atomic E-state index is 10.6. The zero-order valence-electron chi connectivity index (χ0n) is 12.0. The molecule has 0 bridgehead atoms. The van der Waals surface area contributed by atoms with Gasteiger partial charge in [0.2, 0.25) is 0 Å². The Kier molecular flexibility index (Phi) is 10.5. The molecule has 0 aliphatic carbocycles. The minimum absolute atomic E-state index is 0.964. The average molecular weight is 254 g/mol. The van der Waals surface area contributed by atoms with E-state index < -0.39 is 8.07 Å². The van der Waals surface area contributed by atoms with Crippen LogP contribution < -0.4 is 0 Å². The number of allylic oxidation sites excluding steroid dienone is 1. The Morgan fingerprint density at radius 2 is 1.24 bits per heavy atom. The third-order valence-electron chi connectivity index (χ3n) is 3.61. The predicted molar refractivity (Wildman–Crippen MR) is 80.1 cm³/mol. The van der Waals surface area contributed by atoms with Crippen LogP contribution in [0.1, 0.15) is 59.3 Å². The number of carbonyl (C=O) groups is 1. The molecular formula is C15H30OSi. The van der Waals surface area contributed by atoms with Crippen molar-refractivity contribution in [1.29, 1.82) is 0 Å². The molecule has 0 heterocycles. The van der Waals surface area contributed by atoms with E-state index in [1.165, 1.54) is 56.7 Å². The van der Waals surface area contributed by atoms with Crippen LogP contribution in [0.3, 0.4) is 0 Å². The SMILES string of the molecule is CCCC[Si](/C=C/C=O)(CCCC)CCCC. The van der Waals surface area contributed by atoms with E-state index in [1.807, 2.05) is 0 Å². The molecule has 0 aliphatic rings. The highest BCUT2D eigenvalue weighted by Crippen LogP contribution is 2.29. The van der Waals surface area contributed by atoms with Crippen molar-refractivity contribution in [2.45, 2.75) is 77.4 Å². The summed E-state index contributed by atoms with van der Waals surface area (Å²) >= 11 is 0. The van der Waals surface area contributed by atoms with E-state index in [4.69, 9.17) is 0 Å². The summed E-state index contributed by atoms with van der Waals surface area (Å²) in [4.78, 5) is 10.6. The Hall–Kier alpha value is -0.373. The van der Waals surface area contributed by atoms with Gasteiger partial charge in [-0.3, -0.25) is 4.79 Å². The summed E-state index contributed by atoms with van der Waals surface area (Å²) in [6.45, 7) is 6.80. The van der Waals surface area contributed by atoms with Crippen molar-refractivity contribution in [3.63, 3.8) is 0 Å². The van der Waals surface area contributed by atoms with Crippen LogP contribution in [0.15, 0.2) is 11.8 Å². The van der Waals surface area contributed by atoms with Gasteiger partial charge in [-0.25, -0.2) is 0 Å². The topological polar surface area (TPSA) is 17.1 Å². The highest BCUT2D eigenvalue weighted by atomic mass is 28.3. The van der Waals surface area contributed by atoms with E-state index >= 15 is 0 Å². The average Bonchev–Trinajstić information content (AvgIpc) is 2.37. The van der Waals surface area contributed by atoms with E-state index in [2.05, 4.69) is 26.5 Å². The highest BCUT2D eigenvalue weighted by Gasteiger charge is 2.27. The summed E-state index contributed by atoms with van der Waals surface area (Å²) in [5.41, 5.74) is 2.33. The molecule has 1 nitrogen and oxygen atoms in total. The van der Waals surface area contributed by atoms with E-state index in [0.717, 1.165) is 6.29 Å². The molecule has 17 heavy (non-hydrogen) atoms. The van der Waals surface area contributed by atoms with Crippen molar-refractivity contribution < 1.29 is 4.79 Å². The molecule has 0 atom stereocenters. The monoisotopic (exact) mass is 254 g/mol.